The fourth-order valence-electron chi connectivity index (χ4n) is 1.65. The molecule has 0 radical (unpaired) electrons. The molecule has 0 bridgehead atoms. The zero-order chi connectivity index (χ0) is 13.1. The summed E-state index contributed by atoms with van der Waals surface area (Å²) >= 11 is 6.14. The van der Waals surface area contributed by atoms with Gasteiger partial charge in [0, 0.05) is 0 Å². The predicted molar refractivity (Wildman–Crippen MR) is 73.3 cm³/mol. The molecule has 0 saturated heterocycles. The molecule has 0 heterocycles. The van der Waals surface area contributed by atoms with Gasteiger partial charge in [0.15, 0.2) is 0 Å². The second kappa shape index (κ2) is 5.42. The summed E-state index contributed by atoms with van der Waals surface area (Å²) < 4.78 is 5.76. The van der Waals surface area contributed by atoms with E-state index < -0.39 is 6.10 Å². The van der Waals surface area contributed by atoms with E-state index in [4.69, 9.17) is 16.3 Å². The SMILES string of the molecule is Cc1ccccc1Oc1ccc([C@@H](C)O)cc1Cl. The van der Waals surface area contributed by atoms with Crippen LogP contribution in [0.4, 0.5) is 0 Å². The Balaban J connectivity index is 2.28. The smallest absolute Gasteiger partial charge is 0.146 e. The number of para-hydroxylation sites is 1. The van der Waals surface area contributed by atoms with Crippen LogP contribution in [0.25, 0.3) is 0 Å². The Kier molecular flexibility index (Phi) is 3.90. The van der Waals surface area contributed by atoms with Crippen molar-refractivity contribution in [2.45, 2.75) is 20.0 Å². The molecule has 0 unspecified atom stereocenters. The van der Waals surface area contributed by atoms with Crippen LogP contribution in [0.15, 0.2) is 42.5 Å². The first-order valence-corrected chi connectivity index (χ1v) is 6.16. The third-order valence-electron chi connectivity index (χ3n) is 2.75. The second-order valence-corrected chi connectivity index (χ2v) is 4.64. The Morgan fingerprint density at radius 2 is 1.83 bits per heavy atom. The standard InChI is InChI=1S/C15H15ClO2/c1-10-5-3-4-6-14(10)18-15-8-7-12(11(2)17)9-13(15)16/h3-9,11,17H,1-2H3/t11-/m1/s1. The van der Waals surface area contributed by atoms with E-state index in [2.05, 4.69) is 0 Å². The number of aryl methyl sites for hydroxylation is 1. The minimum Gasteiger partial charge on any atom is -0.456 e. The van der Waals surface area contributed by atoms with Crippen LogP contribution in [0, 0.1) is 6.92 Å². The molecule has 1 N–H and O–H groups in total. The summed E-state index contributed by atoms with van der Waals surface area (Å²) in [6, 6.07) is 13.1. The molecule has 0 aliphatic heterocycles. The third kappa shape index (κ3) is 2.84. The summed E-state index contributed by atoms with van der Waals surface area (Å²) in [5.41, 5.74) is 1.82. The van der Waals surface area contributed by atoms with Crippen molar-refractivity contribution in [1.29, 1.82) is 0 Å². The van der Waals surface area contributed by atoms with Crippen LogP contribution < -0.4 is 4.74 Å². The number of aliphatic hydroxyl groups excluding tert-OH is 1. The van der Waals surface area contributed by atoms with E-state index in [0.29, 0.717) is 10.8 Å². The van der Waals surface area contributed by atoms with E-state index in [1.165, 1.54) is 0 Å². The summed E-state index contributed by atoms with van der Waals surface area (Å²) in [5, 5.41) is 9.97. The van der Waals surface area contributed by atoms with E-state index in [0.717, 1.165) is 16.9 Å². The molecule has 3 heteroatoms. The summed E-state index contributed by atoms with van der Waals surface area (Å²) in [6.07, 6.45) is -0.532. The molecule has 2 aromatic carbocycles. The molecule has 18 heavy (non-hydrogen) atoms. The Morgan fingerprint density at radius 3 is 2.44 bits per heavy atom. The van der Waals surface area contributed by atoms with Crippen LogP contribution >= 0.6 is 11.6 Å². The highest BCUT2D eigenvalue weighted by Crippen LogP contribution is 2.32. The van der Waals surface area contributed by atoms with Crippen molar-refractivity contribution >= 4 is 11.6 Å². The summed E-state index contributed by atoms with van der Waals surface area (Å²) in [5.74, 6) is 1.37. The molecule has 0 aliphatic carbocycles. The number of rotatable bonds is 3. The number of hydrogen-bond donors (Lipinski definition) is 1. The van der Waals surface area contributed by atoms with Gasteiger partial charge in [-0.3, -0.25) is 0 Å². The minimum absolute atomic E-state index is 0.497. The largest absolute Gasteiger partial charge is 0.456 e. The van der Waals surface area contributed by atoms with Crippen LogP contribution in [0.2, 0.25) is 5.02 Å². The van der Waals surface area contributed by atoms with Gasteiger partial charge in [0.25, 0.3) is 0 Å². The zero-order valence-corrected chi connectivity index (χ0v) is 11.1. The lowest BCUT2D eigenvalue weighted by Gasteiger charge is -2.12. The zero-order valence-electron chi connectivity index (χ0n) is 10.4. The van der Waals surface area contributed by atoms with Gasteiger partial charge in [-0.2, -0.15) is 0 Å². The first-order chi connectivity index (χ1) is 8.58. The van der Waals surface area contributed by atoms with E-state index >= 15 is 0 Å². The van der Waals surface area contributed by atoms with Crippen molar-refractivity contribution < 1.29 is 9.84 Å². The predicted octanol–water partition coefficient (Wildman–Crippen LogP) is 4.49. The van der Waals surface area contributed by atoms with Gasteiger partial charge >= 0.3 is 0 Å². The molecule has 2 aromatic rings. The normalized spacial score (nSPS) is 12.2. The van der Waals surface area contributed by atoms with Crippen LogP contribution in [0.3, 0.4) is 0 Å². The van der Waals surface area contributed by atoms with Gasteiger partial charge in [-0.05, 0) is 43.2 Å². The molecule has 0 aromatic heterocycles. The first-order valence-electron chi connectivity index (χ1n) is 5.79. The molecule has 0 fully saturated rings. The Hall–Kier alpha value is -1.51. The topological polar surface area (TPSA) is 29.5 Å². The van der Waals surface area contributed by atoms with Crippen molar-refractivity contribution in [2.75, 3.05) is 0 Å². The molecule has 1 atom stereocenters. The summed E-state index contributed by atoms with van der Waals surface area (Å²) in [7, 11) is 0. The average Bonchev–Trinajstić information content (AvgIpc) is 2.34. The van der Waals surface area contributed by atoms with Crippen molar-refractivity contribution in [1.82, 2.24) is 0 Å². The Labute approximate surface area is 112 Å². The maximum atomic E-state index is 9.47. The molecule has 94 valence electrons. The van der Waals surface area contributed by atoms with Gasteiger partial charge in [0.05, 0.1) is 11.1 Å². The molecule has 2 nitrogen and oxygen atoms in total. The highest BCUT2D eigenvalue weighted by Gasteiger charge is 2.08. The van der Waals surface area contributed by atoms with E-state index in [-0.39, 0.29) is 0 Å². The summed E-state index contributed by atoms with van der Waals surface area (Å²) in [6.45, 7) is 3.68. The van der Waals surface area contributed by atoms with Crippen LogP contribution in [-0.2, 0) is 0 Å². The monoisotopic (exact) mass is 262 g/mol. The number of hydrogen-bond acceptors (Lipinski definition) is 2. The highest BCUT2D eigenvalue weighted by molar-refractivity contribution is 6.32. The van der Waals surface area contributed by atoms with Gasteiger partial charge in [0.1, 0.15) is 11.5 Å². The van der Waals surface area contributed by atoms with Gasteiger partial charge < -0.3 is 9.84 Å². The van der Waals surface area contributed by atoms with Gasteiger partial charge in [0.2, 0.25) is 0 Å². The number of aliphatic hydroxyl groups is 1. The molecule has 2 rings (SSSR count). The van der Waals surface area contributed by atoms with Crippen molar-refractivity contribution in [3.05, 3.63) is 58.6 Å². The van der Waals surface area contributed by atoms with Crippen LogP contribution in [-0.4, -0.2) is 5.11 Å². The fraction of sp³-hybridized carbons (Fsp3) is 0.200. The lowest BCUT2D eigenvalue weighted by molar-refractivity contribution is 0.199. The van der Waals surface area contributed by atoms with Gasteiger partial charge in [-0.15, -0.1) is 0 Å². The maximum Gasteiger partial charge on any atom is 0.146 e. The molecule has 0 aliphatic rings. The Bertz CT molecular complexity index is 550. The van der Waals surface area contributed by atoms with Crippen LogP contribution in [0.1, 0.15) is 24.2 Å². The van der Waals surface area contributed by atoms with Crippen molar-refractivity contribution in [3.63, 3.8) is 0 Å². The van der Waals surface area contributed by atoms with Gasteiger partial charge in [-0.1, -0.05) is 35.9 Å². The average molecular weight is 263 g/mol. The van der Waals surface area contributed by atoms with Crippen LogP contribution in [0.5, 0.6) is 11.5 Å². The van der Waals surface area contributed by atoms with E-state index in [9.17, 15) is 5.11 Å². The number of benzene rings is 2. The molecule has 0 spiro atoms. The fourth-order valence-corrected chi connectivity index (χ4v) is 1.88. The number of ether oxygens (including phenoxy) is 1. The number of halogens is 1. The van der Waals surface area contributed by atoms with Crippen molar-refractivity contribution in [3.8, 4) is 11.5 Å². The van der Waals surface area contributed by atoms with E-state index in [1.54, 1.807) is 19.1 Å². The molecule has 0 amide bonds. The Morgan fingerprint density at radius 1 is 1.11 bits per heavy atom. The highest BCUT2D eigenvalue weighted by atomic mass is 35.5. The lowest BCUT2D eigenvalue weighted by Crippen LogP contribution is -1.93. The van der Waals surface area contributed by atoms with E-state index in [1.807, 2.05) is 37.3 Å². The lowest BCUT2D eigenvalue weighted by atomic mass is 10.1. The first kappa shape index (κ1) is 12.9. The van der Waals surface area contributed by atoms with Crippen molar-refractivity contribution in [2.24, 2.45) is 0 Å². The molecular weight excluding hydrogens is 248 g/mol. The van der Waals surface area contributed by atoms with Gasteiger partial charge in [-0.25, -0.2) is 0 Å². The third-order valence-corrected chi connectivity index (χ3v) is 3.05. The minimum atomic E-state index is -0.532. The quantitative estimate of drug-likeness (QED) is 0.883. The second-order valence-electron chi connectivity index (χ2n) is 4.23. The maximum absolute atomic E-state index is 9.47. The summed E-state index contributed by atoms with van der Waals surface area (Å²) in [4.78, 5) is 0. The molecule has 0 saturated carbocycles. The molecular formula is C15H15ClO2.